The van der Waals surface area contributed by atoms with E-state index in [-0.39, 0.29) is 6.04 Å². The van der Waals surface area contributed by atoms with Crippen LogP contribution in [0, 0.1) is 22.7 Å². The lowest BCUT2D eigenvalue weighted by Gasteiger charge is -2.27. The van der Waals surface area contributed by atoms with Gasteiger partial charge in [-0.25, -0.2) is 0 Å². The molecule has 0 amide bonds. The van der Waals surface area contributed by atoms with Crippen LogP contribution in [0.1, 0.15) is 34.9 Å². The average Bonchev–Trinajstić information content (AvgIpc) is 3.29. The summed E-state index contributed by atoms with van der Waals surface area (Å²) in [6.07, 6.45) is 2.47. The van der Waals surface area contributed by atoms with E-state index < -0.39 is 0 Å². The average molecular weight is 322 g/mol. The van der Waals surface area contributed by atoms with E-state index in [9.17, 15) is 10.5 Å². The molecule has 0 radical (unpaired) electrons. The standard InChI is InChI=1S/C18H18N4S/c19-11-14-5-3-6-15(12-20)18(14)21-13-16(17-7-4-10-23-17)22-8-1-2-9-22/h3-7,10,16,21H,1-2,8-9,13H2. The van der Waals surface area contributed by atoms with Crippen LogP contribution in [0.15, 0.2) is 35.7 Å². The van der Waals surface area contributed by atoms with Crippen molar-refractivity contribution in [3.8, 4) is 12.1 Å². The summed E-state index contributed by atoms with van der Waals surface area (Å²) in [5.74, 6) is 0. The summed E-state index contributed by atoms with van der Waals surface area (Å²) in [6, 6.07) is 14.1. The number of para-hydroxylation sites is 1. The Morgan fingerprint density at radius 2 is 1.78 bits per heavy atom. The number of hydrogen-bond acceptors (Lipinski definition) is 5. The molecule has 116 valence electrons. The Hall–Kier alpha value is -2.34. The van der Waals surface area contributed by atoms with Crippen LogP contribution in [0.4, 0.5) is 5.69 Å². The number of rotatable bonds is 5. The summed E-state index contributed by atoms with van der Waals surface area (Å²) >= 11 is 1.76. The van der Waals surface area contributed by atoms with Gasteiger partial charge in [0.2, 0.25) is 0 Å². The molecule has 1 atom stereocenters. The SMILES string of the molecule is N#Cc1cccc(C#N)c1NCC(c1cccs1)N1CCCC1. The summed E-state index contributed by atoms with van der Waals surface area (Å²) in [4.78, 5) is 3.81. The summed E-state index contributed by atoms with van der Waals surface area (Å²) in [5, 5.41) is 24.1. The van der Waals surface area contributed by atoms with Crippen LogP contribution >= 0.6 is 11.3 Å². The normalized spacial score (nSPS) is 15.7. The van der Waals surface area contributed by atoms with E-state index in [1.54, 1.807) is 29.5 Å². The van der Waals surface area contributed by atoms with E-state index in [2.05, 4.69) is 39.9 Å². The Balaban J connectivity index is 1.83. The van der Waals surface area contributed by atoms with Crippen molar-refractivity contribution in [3.63, 3.8) is 0 Å². The predicted octanol–water partition coefficient (Wildman–Crippen LogP) is 3.74. The highest BCUT2D eigenvalue weighted by Crippen LogP contribution is 2.30. The molecule has 3 rings (SSSR count). The lowest BCUT2D eigenvalue weighted by atomic mass is 10.1. The Labute approximate surface area is 140 Å². The number of thiophene rings is 1. The van der Waals surface area contributed by atoms with Gasteiger partial charge in [0.05, 0.1) is 22.9 Å². The van der Waals surface area contributed by atoms with Crippen LogP contribution < -0.4 is 5.32 Å². The van der Waals surface area contributed by atoms with Gasteiger partial charge < -0.3 is 5.32 Å². The van der Waals surface area contributed by atoms with Crippen LogP contribution in [-0.4, -0.2) is 24.5 Å². The molecule has 0 bridgehead atoms. The fourth-order valence-corrected chi connectivity index (χ4v) is 3.93. The second-order valence-electron chi connectivity index (χ2n) is 5.61. The minimum absolute atomic E-state index is 0.288. The number of nitrogens with one attached hydrogen (secondary N) is 1. The van der Waals surface area contributed by atoms with Crippen molar-refractivity contribution in [2.45, 2.75) is 18.9 Å². The van der Waals surface area contributed by atoms with Gasteiger partial charge in [-0.2, -0.15) is 10.5 Å². The molecule has 2 aromatic rings. The van der Waals surface area contributed by atoms with Crippen LogP contribution in [0.5, 0.6) is 0 Å². The molecular formula is C18H18N4S. The highest BCUT2D eigenvalue weighted by atomic mass is 32.1. The first-order chi connectivity index (χ1) is 11.3. The van der Waals surface area contributed by atoms with Gasteiger partial charge in [0.1, 0.15) is 12.1 Å². The van der Waals surface area contributed by atoms with Gasteiger partial charge in [-0.3, -0.25) is 4.90 Å². The molecule has 1 fully saturated rings. The van der Waals surface area contributed by atoms with Crippen molar-refractivity contribution in [1.29, 1.82) is 10.5 Å². The second kappa shape index (κ2) is 7.28. The minimum atomic E-state index is 0.288. The third kappa shape index (κ3) is 3.37. The molecule has 1 unspecified atom stereocenters. The van der Waals surface area contributed by atoms with Gasteiger partial charge in [-0.15, -0.1) is 11.3 Å². The highest BCUT2D eigenvalue weighted by molar-refractivity contribution is 7.10. The third-order valence-corrected chi connectivity index (χ3v) is 5.20. The van der Waals surface area contributed by atoms with Crippen molar-refractivity contribution in [2.75, 3.05) is 25.0 Å². The molecule has 1 aromatic carbocycles. The van der Waals surface area contributed by atoms with E-state index in [1.807, 2.05) is 0 Å². The lowest BCUT2D eigenvalue weighted by Crippen LogP contribution is -2.30. The molecule has 1 N–H and O–H groups in total. The first kappa shape index (κ1) is 15.6. The number of nitrogens with zero attached hydrogens (tertiary/aromatic N) is 3. The third-order valence-electron chi connectivity index (χ3n) is 4.23. The topological polar surface area (TPSA) is 62.9 Å². The Kier molecular flexibility index (Phi) is 4.92. The first-order valence-electron chi connectivity index (χ1n) is 7.78. The molecule has 1 aliphatic heterocycles. The van der Waals surface area contributed by atoms with Gasteiger partial charge in [-0.05, 0) is 49.5 Å². The van der Waals surface area contributed by atoms with E-state index >= 15 is 0 Å². The fourth-order valence-electron chi connectivity index (χ4n) is 3.07. The molecule has 23 heavy (non-hydrogen) atoms. The van der Waals surface area contributed by atoms with Gasteiger partial charge in [-0.1, -0.05) is 12.1 Å². The molecule has 0 aliphatic carbocycles. The number of hydrogen-bond donors (Lipinski definition) is 1. The Morgan fingerprint density at radius 3 is 2.35 bits per heavy atom. The predicted molar refractivity (Wildman–Crippen MR) is 92.2 cm³/mol. The van der Waals surface area contributed by atoms with Gasteiger partial charge in [0, 0.05) is 11.4 Å². The Bertz CT molecular complexity index is 701. The summed E-state index contributed by atoms with van der Waals surface area (Å²) in [6.45, 7) is 2.92. The van der Waals surface area contributed by atoms with Crippen molar-refractivity contribution >= 4 is 17.0 Å². The zero-order chi connectivity index (χ0) is 16.1. The fraction of sp³-hybridized carbons (Fsp3) is 0.333. The Morgan fingerprint density at radius 1 is 1.09 bits per heavy atom. The summed E-state index contributed by atoms with van der Waals surface area (Å²) in [5.41, 5.74) is 1.70. The molecule has 1 saturated heterocycles. The van der Waals surface area contributed by atoms with Gasteiger partial charge in [0.15, 0.2) is 0 Å². The minimum Gasteiger partial charge on any atom is -0.381 e. The monoisotopic (exact) mass is 322 g/mol. The molecule has 0 saturated carbocycles. The van der Waals surface area contributed by atoms with Crippen molar-refractivity contribution in [2.24, 2.45) is 0 Å². The maximum Gasteiger partial charge on any atom is 0.101 e. The second-order valence-corrected chi connectivity index (χ2v) is 6.59. The van der Waals surface area contributed by atoms with Crippen LogP contribution in [-0.2, 0) is 0 Å². The van der Waals surface area contributed by atoms with Crippen molar-refractivity contribution in [1.82, 2.24) is 4.90 Å². The molecule has 2 heterocycles. The van der Waals surface area contributed by atoms with Crippen LogP contribution in [0.2, 0.25) is 0 Å². The van der Waals surface area contributed by atoms with Crippen molar-refractivity contribution < 1.29 is 0 Å². The first-order valence-corrected chi connectivity index (χ1v) is 8.66. The van der Waals surface area contributed by atoms with Crippen LogP contribution in [0.3, 0.4) is 0 Å². The quantitative estimate of drug-likeness (QED) is 0.911. The molecule has 5 heteroatoms. The number of anilines is 1. The van der Waals surface area contributed by atoms with Crippen molar-refractivity contribution in [3.05, 3.63) is 51.7 Å². The van der Waals surface area contributed by atoms with E-state index in [1.165, 1.54) is 17.7 Å². The molecule has 0 spiro atoms. The molecule has 4 nitrogen and oxygen atoms in total. The molecule has 1 aliphatic rings. The molecular weight excluding hydrogens is 304 g/mol. The zero-order valence-electron chi connectivity index (χ0n) is 12.8. The highest BCUT2D eigenvalue weighted by Gasteiger charge is 2.24. The summed E-state index contributed by atoms with van der Waals surface area (Å²) in [7, 11) is 0. The smallest absolute Gasteiger partial charge is 0.101 e. The number of nitriles is 2. The maximum atomic E-state index is 9.29. The molecule has 1 aromatic heterocycles. The van der Waals surface area contributed by atoms with Gasteiger partial charge >= 0.3 is 0 Å². The number of likely N-dealkylation sites (tertiary alicyclic amines) is 1. The zero-order valence-corrected chi connectivity index (χ0v) is 13.6. The summed E-state index contributed by atoms with van der Waals surface area (Å²) < 4.78 is 0. The van der Waals surface area contributed by atoms with E-state index in [4.69, 9.17) is 0 Å². The largest absolute Gasteiger partial charge is 0.381 e. The lowest BCUT2D eigenvalue weighted by molar-refractivity contribution is 0.259. The maximum absolute atomic E-state index is 9.29. The van der Waals surface area contributed by atoms with Crippen LogP contribution in [0.25, 0.3) is 0 Å². The van der Waals surface area contributed by atoms with Gasteiger partial charge in [0.25, 0.3) is 0 Å². The van der Waals surface area contributed by atoms with E-state index in [0.29, 0.717) is 23.4 Å². The number of benzene rings is 1. The van der Waals surface area contributed by atoms with E-state index in [0.717, 1.165) is 13.1 Å².